The zero-order valence-corrected chi connectivity index (χ0v) is 7.57. The molecule has 2 nitrogen and oxygen atoms in total. The molecule has 5 rings (SSSR count). The average molecular weight is 178 g/mol. The first kappa shape index (κ1) is 7.60. The van der Waals surface area contributed by atoms with E-state index in [4.69, 9.17) is 5.11 Å². The minimum Gasteiger partial charge on any atom is -0.515 e. The van der Waals surface area contributed by atoms with E-state index in [1.807, 2.05) is 0 Å². The highest BCUT2D eigenvalue weighted by atomic mass is 16.2. The van der Waals surface area contributed by atoms with Crippen LogP contribution in [0, 0.1) is 23.7 Å². The van der Waals surface area contributed by atoms with E-state index in [0.29, 0.717) is 17.8 Å². The van der Waals surface area contributed by atoms with Gasteiger partial charge in [-0.3, -0.25) is 4.79 Å². The Bertz CT molecular complexity index is 292. The van der Waals surface area contributed by atoms with Crippen molar-refractivity contribution in [3.05, 3.63) is 11.8 Å². The summed E-state index contributed by atoms with van der Waals surface area (Å²) < 4.78 is 0. The first-order chi connectivity index (χ1) is 6.31. The number of hydrogen-bond donors (Lipinski definition) is 1. The van der Waals surface area contributed by atoms with Gasteiger partial charge in [0.05, 0.1) is 6.26 Å². The van der Waals surface area contributed by atoms with E-state index in [1.54, 1.807) is 0 Å². The van der Waals surface area contributed by atoms with E-state index in [0.717, 1.165) is 24.7 Å². The molecule has 13 heavy (non-hydrogen) atoms. The number of ketones is 1. The molecule has 4 unspecified atom stereocenters. The van der Waals surface area contributed by atoms with Gasteiger partial charge in [-0.05, 0) is 43.4 Å². The van der Waals surface area contributed by atoms with Gasteiger partial charge in [0.1, 0.15) is 0 Å². The largest absolute Gasteiger partial charge is 0.515 e. The fraction of sp³-hybridized carbons (Fsp3) is 0.727. The highest BCUT2D eigenvalue weighted by Crippen LogP contribution is 2.56. The van der Waals surface area contributed by atoms with Crippen LogP contribution < -0.4 is 0 Å². The van der Waals surface area contributed by atoms with Crippen LogP contribution in [0.4, 0.5) is 0 Å². The number of carbonyl (C=O) groups excluding carboxylic acids is 1. The van der Waals surface area contributed by atoms with E-state index in [-0.39, 0.29) is 11.7 Å². The summed E-state index contributed by atoms with van der Waals surface area (Å²) in [6, 6.07) is 0. The van der Waals surface area contributed by atoms with Crippen LogP contribution in [-0.2, 0) is 4.79 Å². The molecule has 5 saturated carbocycles. The van der Waals surface area contributed by atoms with Crippen LogP contribution in [0.2, 0.25) is 0 Å². The molecule has 1 N–H and O–H groups in total. The van der Waals surface area contributed by atoms with Crippen molar-refractivity contribution < 1.29 is 9.90 Å². The number of rotatable bonds is 0. The second kappa shape index (κ2) is 2.37. The Morgan fingerprint density at radius 3 is 2.31 bits per heavy atom. The first-order valence-electron chi connectivity index (χ1n) is 5.19. The van der Waals surface area contributed by atoms with Crippen LogP contribution in [0.15, 0.2) is 11.8 Å². The Balaban J connectivity index is 2.05. The topological polar surface area (TPSA) is 37.3 Å². The molecule has 70 valence electrons. The monoisotopic (exact) mass is 178 g/mol. The summed E-state index contributed by atoms with van der Waals surface area (Å²) in [6.07, 6.45) is 5.86. The Morgan fingerprint density at radius 1 is 1.15 bits per heavy atom. The molecule has 2 heteroatoms. The Kier molecular flexibility index (Phi) is 1.38. The van der Waals surface area contributed by atoms with Crippen LogP contribution in [0.25, 0.3) is 0 Å². The van der Waals surface area contributed by atoms with Gasteiger partial charge in [-0.1, -0.05) is 0 Å². The van der Waals surface area contributed by atoms with E-state index in [2.05, 4.69) is 0 Å². The van der Waals surface area contributed by atoms with Crippen molar-refractivity contribution in [1.82, 2.24) is 0 Å². The van der Waals surface area contributed by atoms with Gasteiger partial charge < -0.3 is 5.11 Å². The van der Waals surface area contributed by atoms with Gasteiger partial charge in [-0.25, -0.2) is 0 Å². The van der Waals surface area contributed by atoms with Gasteiger partial charge in [0.25, 0.3) is 0 Å². The van der Waals surface area contributed by atoms with Crippen molar-refractivity contribution in [3.8, 4) is 0 Å². The second-order valence-corrected chi connectivity index (χ2v) is 4.73. The molecule has 0 spiro atoms. The van der Waals surface area contributed by atoms with Crippen LogP contribution >= 0.6 is 0 Å². The molecule has 5 aliphatic carbocycles. The fourth-order valence-corrected chi connectivity index (χ4v) is 3.69. The summed E-state index contributed by atoms with van der Waals surface area (Å²) in [6.45, 7) is 0. The number of carbonyl (C=O) groups is 1. The highest BCUT2D eigenvalue weighted by molar-refractivity contribution is 5.99. The normalized spacial score (nSPS) is 50.5. The van der Waals surface area contributed by atoms with Gasteiger partial charge >= 0.3 is 0 Å². The maximum atomic E-state index is 11.8. The van der Waals surface area contributed by atoms with E-state index in [9.17, 15) is 4.79 Å². The Labute approximate surface area is 77.6 Å². The van der Waals surface area contributed by atoms with Gasteiger partial charge in [0.2, 0.25) is 0 Å². The van der Waals surface area contributed by atoms with E-state index < -0.39 is 0 Å². The molecule has 0 heterocycles. The molecule has 0 amide bonds. The molecule has 4 bridgehead atoms. The van der Waals surface area contributed by atoms with Crippen LogP contribution in [-0.4, -0.2) is 10.9 Å². The van der Waals surface area contributed by atoms with Crippen molar-refractivity contribution >= 4 is 5.78 Å². The lowest BCUT2D eigenvalue weighted by Crippen LogP contribution is -2.49. The number of hydrogen-bond acceptors (Lipinski definition) is 2. The zero-order valence-electron chi connectivity index (χ0n) is 7.57. The van der Waals surface area contributed by atoms with Gasteiger partial charge in [-0.2, -0.15) is 0 Å². The smallest absolute Gasteiger partial charge is 0.165 e. The summed E-state index contributed by atoms with van der Waals surface area (Å²) in [5.41, 5.74) is 0.734. The average Bonchev–Trinajstić information content (AvgIpc) is 2.19. The number of allylic oxidation sites excluding steroid dienone is 1. The molecular formula is C11H14O2. The van der Waals surface area contributed by atoms with Crippen LogP contribution in [0.5, 0.6) is 0 Å². The molecule has 0 radical (unpaired) electrons. The third-order valence-electron chi connectivity index (χ3n) is 4.32. The Morgan fingerprint density at radius 2 is 1.77 bits per heavy atom. The minimum absolute atomic E-state index is 0.250. The lowest BCUT2D eigenvalue weighted by atomic mass is 9.51. The number of aliphatic hydroxyl groups is 1. The maximum absolute atomic E-state index is 11.8. The van der Waals surface area contributed by atoms with Crippen molar-refractivity contribution in [2.75, 3.05) is 0 Å². The quantitative estimate of drug-likeness (QED) is 0.455. The standard InChI is InChI=1S/C11H14O2/c12-5-10-8-3-7-2-1-6(8)4-9(7)11(10)13/h5-9,12H,1-4H2/b10-5-. The molecular weight excluding hydrogens is 164 g/mol. The van der Waals surface area contributed by atoms with Crippen molar-refractivity contribution in [1.29, 1.82) is 0 Å². The molecule has 0 aliphatic heterocycles. The lowest BCUT2D eigenvalue weighted by Gasteiger charge is -2.52. The maximum Gasteiger partial charge on any atom is 0.165 e. The highest BCUT2D eigenvalue weighted by Gasteiger charge is 2.52. The van der Waals surface area contributed by atoms with Crippen molar-refractivity contribution in [2.24, 2.45) is 23.7 Å². The predicted molar refractivity (Wildman–Crippen MR) is 48.1 cm³/mol. The summed E-state index contributed by atoms with van der Waals surface area (Å²) >= 11 is 0. The van der Waals surface area contributed by atoms with Gasteiger partial charge in [0, 0.05) is 11.5 Å². The molecule has 0 aromatic rings. The molecule has 0 saturated heterocycles. The summed E-state index contributed by atoms with van der Waals surface area (Å²) in [7, 11) is 0. The third-order valence-corrected chi connectivity index (χ3v) is 4.32. The third kappa shape index (κ3) is 0.812. The van der Waals surface area contributed by atoms with E-state index >= 15 is 0 Å². The summed E-state index contributed by atoms with van der Waals surface area (Å²) in [5, 5.41) is 9.03. The fourth-order valence-electron chi connectivity index (χ4n) is 3.69. The van der Waals surface area contributed by atoms with Crippen LogP contribution in [0.1, 0.15) is 25.7 Å². The van der Waals surface area contributed by atoms with Gasteiger partial charge in [-0.15, -0.1) is 0 Å². The molecule has 0 aromatic carbocycles. The second-order valence-electron chi connectivity index (χ2n) is 4.73. The Hall–Kier alpha value is -0.790. The molecule has 0 aromatic heterocycles. The minimum atomic E-state index is 0.250. The predicted octanol–water partition coefficient (Wildman–Crippen LogP) is 2.06. The number of aliphatic hydroxyl groups excluding tert-OH is 1. The van der Waals surface area contributed by atoms with Crippen LogP contribution in [0.3, 0.4) is 0 Å². The first-order valence-corrected chi connectivity index (χ1v) is 5.19. The molecule has 5 fully saturated rings. The SMILES string of the molecule is O=C1/C(=C\O)C2CC3CCC2CC13. The van der Waals surface area contributed by atoms with Gasteiger partial charge in [0.15, 0.2) is 5.78 Å². The molecule has 4 atom stereocenters. The van der Waals surface area contributed by atoms with E-state index in [1.165, 1.54) is 12.8 Å². The zero-order chi connectivity index (χ0) is 9.00. The summed E-state index contributed by atoms with van der Waals surface area (Å²) in [4.78, 5) is 11.8. The number of Topliss-reactive ketones (excluding diaryl/α,β-unsaturated/α-hetero) is 1. The molecule has 5 aliphatic rings. The van der Waals surface area contributed by atoms with Crippen molar-refractivity contribution in [3.63, 3.8) is 0 Å². The summed E-state index contributed by atoms with van der Waals surface area (Å²) in [5.74, 6) is 2.26. The van der Waals surface area contributed by atoms with Crippen molar-refractivity contribution in [2.45, 2.75) is 25.7 Å². The number of fused-ring (bicyclic) bond motifs is 2. The lowest BCUT2D eigenvalue weighted by molar-refractivity contribution is -0.132.